The molecule has 4 heteroatoms. The van der Waals surface area contributed by atoms with E-state index in [-0.39, 0.29) is 11.8 Å². The molecule has 4 nitrogen and oxygen atoms in total. The average molecular weight is 310 g/mol. The highest BCUT2D eigenvalue weighted by Crippen LogP contribution is 2.08. The number of hydrogen-bond donors (Lipinski definition) is 2. The van der Waals surface area contributed by atoms with Crippen LogP contribution in [0.15, 0.2) is 48.5 Å². The van der Waals surface area contributed by atoms with Crippen molar-refractivity contribution in [2.45, 2.75) is 33.1 Å². The summed E-state index contributed by atoms with van der Waals surface area (Å²) >= 11 is 0. The van der Waals surface area contributed by atoms with Crippen molar-refractivity contribution in [3.63, 3.8) is 0 Å². The second-order valence-electron chi connectivity index (χ2n) is 5.49. The lowest BCUT2D eigenvalue weighted by Gasteiger charge is -2.09. The van der Waals surface area contributed by atoms with Gasteiger partial charge in [0.1, 0.15) is 0 Å². The molecule has 120 valence electrons. The first-order valence-electron chi connectivity index (χ1n) is 7.82. The molecule has 2 aromatic rings. The Morgan fingerprint density at radius 3 is 2.22 bits per heavy atom. The molecular weight excluding hydrogens is 288 g/mol. The molecule has 0 radical (unpaired) electrons. The summed E-state index contributed by atoms with van der Waals surface area (Å²) in [5.74, 6) is -0.504. The zero-order chi connectivity index (χ0) is 16.7. The minimum Gasteiger partial charge on any atom is -0.273 e. The highest BCUT2D eigenvalue weighted by atomic mass is 16.2. The van der Waals surface area contributed by atoms with Crippen LogP contribution in [0.3, 0.4) is 0 Å². The van der Waals surface area contributed by atoms with E-state index in [0.717, 1.165) is 17.5 Å². The van der Waals surface area contributed by atoms with E-state index in [1.807, 2.05) is 31.2 Å². The Labute approximate surface area is 136 Å². The van der Waals surface area contributed by atoms with E-state index in [2.05, 4.69) is 29.9 Å². The van der Waals surface area contributed by atoms with Crippen LogP contribution in [0, 0.1) is 6.92 Å². The molecule has 0 atom stereocenters. The van der Waals surface area contributed by atoms with Gasteiger partial charge >= 0.3 is 0 Å². The van der Waals surface area contributed by atoms with Crippen LogP contribution in [-0.2, 0) is 17.6 Å². The Bertz CT molecular complexity index is 678. The monoisotopic (exact) mass is 310 g/mol. The summed E-state index contributed by atoms with van der Waals surface area (Å²) in [6.45, 7) is 3.97. The van der Waals surface area contributed by atoms with Crippen molar-refractivity contribution >= 4 is 11.8 Å². The number of benzene rings is 2. The highest BCUT2D eigenvalue weighted by molar-refractivity contribution is 5.96. The molecule has 0 aliphatic rings. The van der Waals surface area contributed by atoms with Gasteiger partial charge in [0.05, 0.1) is 0 Å². The summed E-state index contributed by atoms with van der Waals surface area (Å²) in [5, 5.41) is 0. The molecule has 0 aromatic heterocycles. The van der Waals surface area contributed by atoms with Crippen LogP contribution in [-0.4, -0.2) is 11.8 Å². The predicted molar refractivity (Wildman–Crippen MR) is 90.9 cm³/mol. The first kappa shape index (κ1) is 16.7. The van der Waals surface area contributed by atoms with Gasteiger partial charge in [-0.15, -0.1) is 0 Å². The Morgan fingerprint density at radius 1 is 0.913 bits per heavy atom. The lowest BCUT2D eigenvalue weighted by Crippen LogP contribution is -2.41. The molecule has 2 aromatic carbocycles. The summed E-state index contributed by atoms with van der Waals surface area (Å²) < 4.78 is 0. The normalized spacial score (nSPS) is 10.2. The molecular formula is C19H22N2O2. The number of amides is 2. The van der Waals surface area contributed by atoms with Gasteiger partial charge in [-0.3, -0.25) is 20.4 Å². The number of hydrogen-bond acceptors (Lipinski definition) is 2. The van der Waals surface area contributed by atoms with Gasteiger partial charge in [0.2, 0.25) is 5.91 Å². The third kappa shape index (κ3) is 4.95. The molecule has 0 aliphatic carbocycles. The maximum absolute atomic E-state index is 12.0. The van der Waals surface area contributed by atoms with Crippen LogP contribution in [0.1, 0.15) is 40.4 Å². The summed E-state index contributed by atoms with van der Waals surface area (Å²) in [6.07, 6.45) is 1.99. The van der Waals surface area contributed by atoms with Crippen LogP contribution < -0.4 is 10.9 Å². The minimum atomic E-state index is -0.302. The average Bonchev–Trinajstić information content (AvgIpc) is 2.58. The van der Waals surface area contributed by atoms with Crippen molar-refractivity contribution in [3.05, 3.63) is 70.8 Å². The topological polar surface area (TPSA) is 58.2 Å². The third-order valence-corrected chi connectivity index (χ3v) is 3.78. The van der Waals surface area contributed by atoms with Crippen LogP contribution in [0.25, 0.3) is 0 Å². The van der Waals surface area contributed by atoms with Crippen molar-refractivity contribution in [3.8, 4) is 0 Å². The summed E-state index contributed by atoms with van der Waals surface area (Å²) in [5.41, 5.74) is 8.74. The first-order valence-corrected chi connectivity index (χ1v) is 7.82. The number of carbonyl (C=O) groups excluding carboxylic acids is 2. The fourth-order valence-corrected chi connectivity index (χ4v) is 2.28. The molecule has 0 heterocycles. The van der Waals surface area contributed by atoms with Crippen LogP contribution in [0.5, 0.6) is 0 Å². The minimum absolute atomic E-state index is 0.202. The SMILES string of the molecule is CCc1ccc(CCC(=O)NNC(=O)c2ccccc2C)cc1. The van der Waals surface area contributed by atoms with E-state index in [9.17, 15) is 9.59 Å². The maximum Gasteiger partial charge on any atom is 0.269 e. The van der Waals surface area contributed by atoms with Crippen LogP contribution >= 0.6 is 0 Å². The standard InChI is InChI=1S/C19H22N2O2/c1-3-15-8-10-16(11-9-15)12-13-18(22)20-21-19(23)17-7-5-4-6-14(17)2/h4-11H,3,12-13H2,1-2H3,(H,20,22)(H,21,23). The molecule has 2 N–H and O–H groups in total. The molecule has 0 unspecified atom stereocenters. The molecule has 0 fully saturated rings. The summed E-state index contributed by atoms with van der Waals surface area (Å²) in [4.78, 5) is 23.8. The lowest BCUT2D eigenvalue weighted by molar-refractivity contribution is -0.121. The van der Waals surface area contributed by atoms with Crippen molar-refractivity contribution in [2.75, 3.05) is 0 Å². The third-order valence-electron chi connectivity index (χ3n) is 3.78. The van der Waals surface area contributed by atoms with Crippen molar-refractivity contribution in [1.82, 2.24) is 10.9 Å². The molecule has 0 spiro atoms. The number of carbonyl (C=O) groups is 2. The number of nitrogens with one attached hydrogen (secondary N) is 2. The lowest BCUT2D eigenvalue weighted by atomic mass is 10.1. The van der Waals surface area contributed by atoms with E-state index >= 15 is 0 Å². The zero-order valence-corrected chi connectivity index (χ0v) is 13.6. The van der Waals surface area contributed by atoms with Crippen LogP contribution in [0.4, 0.5) is 0 Å². The first-order chi connectivity index (χ1) is 11.1. The van der Waals surface area contributed by atoms with E-state index in [0.29, 0.717) is 18.4 Å². The second-order valence-corrected chi connectivity index (χ2v) is 5.49. The highest BCUT2D eigenvalue weighted by Gasteiger charge is 2.09. The summed E-state index contributed by atoms with van der Waals surface area (Å²) in [7, 11) is 0. The Hall–Kier alpha value is -2.62. The number of rotatable bonds is 5. The molecule has 2 amide bonds. The van der Waals surface area contributed by atoms with Crippen molar-refractivity contribution < 1.29 is 9.59 Å². The van der Waals surface area contributed by atoms with Gasteiger partial charge in [-0.05, 0) is 42.5 Å². The fourth-order valence-electron chi connectivity index (χ4n) is 2.28. The fraction of sp³-hybridized carbons (Fsp3) is 0.263. The molecule has 0 bridgehead atoms. The van der Waals surface area contributed by atoms with Gasteiger partial charge in [0, 0.05) is 12.0 Å². The molecule has 0 saturated carbocycles. The number of aryl methyl sites for hydroxylation is 3. The molecule has 0 saturated heterocycles. The zero-order valence-electron chi connectivity index (χ0n) is 13.6. The Morgan fingerprint density at radius 2 is 1.57 bits per heavy atom. The molecule has 0 aliphatic heterocycles. The van der Waals surface area contributed by atoms with Crippen molar-refractivity contribution in [1.29, 1.82) is 0 Å². The molecule has 2 rings (SSSR count). The smallest absolute Gasteiger partial charge is 0.269 e. The van der Waals surface area contributed by atoms with Crippen LogP contribution in [0.2, 0.25) is 0 Å². The van der Waals surface area contributed by atoms with Gasteiger partial charge in [0.15, 0.2) is 0 Å². The molecule has 23 heavy (non-hydrogen) atoms. The van der Waals surface area contributed by atoms with E-state index in [1.165, 1.54) is 5.56 Å². The van der Waals surface area contributed by atoms with E-state index < -0.39 is 0 Å². The van der Waals surface area contributed by atoms with Gasteiger partial charge in [0.25, 0.3) is 5.91 Å². The van der Waals surface area contributed by atoms with E-state index in [1.54, 1.807) is 12.1 Å². The quantitative estimate of drug-likeness (QED) is 0.834. The van der Waals surface area contributed by atoms with Gasteiger partial charge in [-0.25, -0.2) is 0 Å². The predicted octanol–water partition coefficient (Wildman–Crippen LogP) is 2.95. The number of hydrazine groups is 1. The Balaban J connectivity index is 1.78. The van der Waals surface area contributed by atoms with Gasteiger partial charge in [-0.2, -0.15) is 0 Å². The summed E-state index contributed by atoms with van der Waals surface area (Å²) in [6, 6.07) is 15.5. The van der Waals surface area contributed by atoms with Gasteiger partial charge in [-0.1, -0.05) is 49.4 Å². The Kier molecular flexibility index (Phi) is 5.92. The largest absolute Gasteiger partial charge is 0.273 e. The van der Waals surface area contributed by atoms with E-state index in [4.69, 9.17) is 0 Å². The van der Waals surface area contributed by atoms with Crippen molar-refractivity contribution in [2.24, 2.45) is 0 Å². The van der Waals surface area contributed by atoms with Gasteiger partial charge < -0.3 is 0 Å². The maximum atomic E-state index is 12.0. The second kappa shape index (κ2) is 8.13.